The number of hydrogen-bond donors (Lipinski definition) is 1. The zero-order valence-electron chi connectivity index (χ0n) is 13.3. The Balaban J connectivity index is 2.21. The van der Waals surface area contributed by atoms with Gasteiger partial charge in [0.2, 0.25) is 11.9 Å². The summed E-state index contributed by atoms with van der Waals surface area (Å²) in [6.45, 7) is 5.20. The summed E-state index contributed by atoms with van der Waals surface area (Å²) in [5, 5.41) is 2.61. The first-order valence-electron chi connectivity index (χ1n) is 7.24. The Kier molecular flexibility index (Phi) is 5.10. The van der Waals surface area contributed by atoms with Gasteiger partial charge in [0, 0.05) is 11.4 Å². The molecule has 0 fully saturated rings. The Morgan fingerprint density at radius 3 is 2.35 bits per heavy atom. The number of carbonyl (C=O) groups is 1. The summed E-state index contributed by atoms with van der Waals surface area (Å²) in [7, 11) is -3.37. The van der Waals surface area contributed by atoms with Gasteiger partial charge < -0.3 is 0 Å². The maximum absolute atomic E-state index is 12.2. The minimum atomic E-state index is -3.37. The van der Waals surface area contributed by atoms with Crippen molar-refractivity contribution < 1.29 is 13.2 Å². The van der Waals surface area contributed by atoms with E-state index in [0.717, 1.165) is 11.4 Å². The molecule has 0 saturated heterocycles. The van der Waals surface area contributed by atoms with Gasteiger partial charge in [-0.15, -0.1) is 0 Å². The molecule has 0 bridgehead atoms. The molecular weight excluding hydrogens is 314 g/mol. The zero-order valence-corrected chi connectivity index (χ0v) is 14.1. The van der Waals surface area contributed by atoms with E-state index in [1.54, 1.807) is 31.2 Å². The molecule has 2 rings (SSSR count). The molecule has 0 saturated carbocycles. The van der Waals surface area contributed by atoms with Crippen LogP contribution in [-0.4, -0.2) is 30.0 Å². The average molecular weight is 333 g/mol. The molecule has 1 heterocycles. The summed E-state index contributed by atoms with van der Waals surface area (Å²) in [6, 6.07) is 8.33. The molecule has 0 aliphatic rings. The third kappa shape index (κ3) is 4.35. The fourth-order valence-corrected chi connectivity index (χ4v) is 3.37. The molecule has 0 aliphatic carbocycles. The fourth-order valence-electron chi connectivity index (χ4n) is 2.23. The van der Waals surface area contributed by atoms with Gasteiger partial charge in [0.25, 0.3) is 0 Å². The lowest BCUT2D eigenvalue weighted by molar-refractivity contribution is -0.115. The Morgan fingerprint density at radius 2 is 1.74 bits per heavy atom. The summed E-state index contributed by atoms with van der Waals surface area (Å²) < 4.78 is 24.2. The Morgan fingerprint density at radius 1 is 1.13 bits per heavy atom. The number of rotatable bonds is 5. The lowest BCUT2D eigenvalue weighted by Gasteiger charge is -2.09. The number of amides is 1. The van der Waals surface area contributed by atoms with Crippen molar-refractivity contribution in [3.63, 3.8) is 0 Å². The lowest BCUT2D eigenvalue weighted by atomic mass is 10.1. The van der Waals surface area contributed by atoms with Gasteiger partial charge in [0.05, 0.1) is 17.1 Å². The zero-order chi connectivity index (χ0) is 17.0. The van der Waals surface area contributed by atoms with E-state index in [2.05, 4.69) is 15.3 Å². The minimum Gasteiger partial charge on any atom is -0.294 e. The first kappa shape index (κ1) is 17.1. The molecule has 0 spiro atoms. The van der Waals surface area contributed by atoms with Crippen molar-refractivity contribution in [2.24, 2.45) is 0 Å². The molecule has 2 aromatic rings. The van der Waals surface area contributed by atoms with Crippen LogP contribution in [0.5, 0.6) is 0 Å². The monoisotopic (exact) mass is 333 g/mol. The van der Waals surface area contributed by atoms with E-state index in [1.165, 1.54) is 6.07 Å². The van der Waals surface area contributed by atoms with Crippen molar-refractivity contribution in [2.75, 3.05) is 11.1 Å². The van der Waals surface area contributed by atoms with E-state index in [1.807, 2.05) is 13.8 Å². The van der Waals surface area contributed by atoms with E-state index in [-0.39, 0.29) is 28.9 Å². The van der Waals surface area contributed by atoms with E-state index in [4.69, 9.17) is 0 Å². The summed E-state index contributed by atoms with van der Waals surface area (Å²) >= 11 is 0. The summed E-state index contributed by atoms with van der Waals surface area (Å²) in [5.74, 6) is -0.136. The predicted octanol–water partition coefficient (Wildman–Crippen LogP) is 2.07. The highest BCUT2D eigenvalue weighted by Gasteiger charge is 2.18. The van der Waals surface area contributed by atoms with Gasteiger partial charge in [0.1, 0.15) is 0 Å². The lowest BCUT2D eigenvalue weighted by Crippen LogP contribution is -2.18. The quantitative estimate of drug-likeness (QED) is 0.905. The maximum atomic E-state index is 12.2. The van der Waals surface area contributed by atoms with Crippen molar-refractivity contribution >= 4 is 21.7 Å². The third-order valence-corrected chi connectivity index (χ3v) is 5.10. The average Bonchev–Trinajstić information content (AvgIpc) is 2.46. The van der Waals surface area contributed by atoms with E-state index in [9.17, 15) is 13.2 Å². The Labute approximate surface area is 135 Å². The molecule has 0 radical (unpaired) electrons. The minimum absolute atomic E-state index is 0.00812. The smallest absolute Gasteiger partial charge is 0.231 e. The van der Waals surface area contributed by atoms with Crippen LogP contribution in [0.2, 0.25) is 0 Å². The van der Waals surface area contributed by atoms with Crippen LogP contribution in [0.25, 0.3) is 0 Å². The van der Waals surface area contributed by atoms with Crippen LogP contribution in [0.1, 0.15) is 23.9 Å². The van der Waals surface area contributed by atoms with Crippen LogP contribution in [0.4, 0.5) is 5.95 Å². The van der Waals surface area contributed by atoms with Gasteiger partial charge in [-0.1, -0.05) is 25.1 Å². The van der Waals surface area contributed by atoms with Crippen LogP contribution < -0.4 is 5.32 Å². The van der Waals surface area contributed by atoms with Crippen molar-refractivity contribution in [1.29, 1.82) is 0 Å². The van der Waals surface area contributed by atoms with E-state index < -0.39 is 9.84 Å². The first-order chi connectivity index (χ1) is 10.8. The molecule has 7 heteroatoms. The predicted molar refractivity (Wildman–Crippen MR) is 88.0 cm³/mol. The molecule has 1 amide bonds. The number of hydrogen-bond acceptors (Lipinski definition) is 5. The Bertz CT molecular complexity index is 812. The van der Waals surface area contributed by atoms with Crippen molar-refractivity contribution in [1.82, 2.24) is 9.97 Å². The third-order valence-electron chi connectivity index (χ3n) is 3.27. The van der Waals surface area contributed by atoms with Gasteiger partial charge >= 0.3 is 0 Å². The van der Waals surface area contributed by atoms with Gasteiger partial charge in [-0.25, -0.2) is 18.4 Å². The van der Waals surface area contributed by atoms with E-state index in [0.29, 0.717) is 5.56 Å². The number of nitrogens with zero attached hydrogens (tertiary/aromatic N) is 2. The summed E-state index contributed by atoms with van der Waals surface area (Å²) in [5.41, 5.74) is 1.97. The highest BCUT2D eigenvalue weighted by atomic mass is 32.2. The fraction of sp³-hybridized carbons (Fsp3) is 0.312. The first-order valence-corrected chi connectivity index (χ1v) is 8.90. The second kappa shape index (κ2) is 6.87. The maximum Gasteiger partial charge on any atom is 0.231 e. The number of aryl methyl sites for hydroxylation is 2. The number of benzene rings is 1. The van der Waals surface area contributed by atoms with Crippen LogP contribution in [0.3, 0.4) is 0 Å². The molecule has 6 nitrogen and oxygen atoms in total. The second-order valence-electron chi connectivity index (χ2n) is 5.21. The van der Waals surface area contributed by atoms with Gasteiger partial charge in [-0.3, -0.25) is 10.1 Å². The molecule has 1 aromatic carbocycles. The SMILES string of the molecule is CCS(=O)(=O)c1ccccc1CC(=O)Nc1nc(C)cc(C)n1. The molecule has 0 aliphatic heterocycles. The summed E-state index contributed by atoms with van der Waals surface area (Å²) in [4.78, 5) is 20.7. The normalized spacial score (nSPS) is 11.3. The standard InChI is InChI=1S/C16H19N3O3S/c1-4-23(21,22)14-8-6-5-7-13(14)10-15(20)19-16-17-11(2)9-12(3)18-16/h5-9H,4,10H2,1-3H3,(H,17,18,19,20). The van der Waals surface area contributed by atoms with Crippen molar-refractivity contribution in [3.8, 4) is 0 Å². The number of carbonyl (C=O) groups excluding carboxylic acids is 1. The second-order valence-corrected chi connectivity index (χ2v) is 7.46. The molecule has 0 unspecified atom stereocenters. The van der Waals surface area contributed by atoms with Crippen LogP contribution in [-0.2, 0) is 21.1 Å². The highest BCUT2D eigenvalue weighted by Crippen LogP contribution is 2.18. The van der Waals surface area contributed by atoms with Gasteiger partial charge in [-0.05, 0) is 31.5 Å². The van der Waals surface area contributed by atoms with E-state index >= 15 is 0 Å². The molecule has 23 heavy (non-hydrogen) atoms. The van der Waals surface area contributed by atoms with Crippen LogP contribution in [0.15, 0.2) is 35.2 Å². The van der Waals surface area contributed by atoms with Gasteiger partial charge in [-0.2, -0.15) is 0 Å². The molecule has 1 N–H and O–H groups in total. The molecule has 1 aromatic heterocycles. The van der Waals surface area contributed by atoms with Crippen molar-refractivity contribution in [3.05, 3.63) is 47.3 Å². The van der Waals surface area contributed by atoms with Crippen molar-refractivity contribution in [2.45, 2.75) is 32.1 Å². The molecule has 0 atom stereocenters. The number of aromatic nitrogens is 2. The number of sulfone groups is 1. The molecule has 122 valence electrons. The number of nitrogens with one attached hydrogen (secondary N) is 1. The number of anilines is 1. The van der Waals surface area contributed by atoms with Crippen LogP contribution >= 0.6 is 0 Å². The topological polar surface area (TPSA) is 89.0 Å². The Hall–Kier alpha value is -2.28. The highest BCUT2D eigenvalue weighted by molar-refractivity contribution is 7.91. The van der Waals surface area contributed by atoms with Gasteiger partial charge in [0.15, 0.2) is 9.84 Å². The largest absolute Gasteiger partial charge is 0.294 e. The van der Waals surface area contributed by atoms with Crippen LogP contribution in [0, 0.1) is 13.8 Å². The summed E-state index contributed by atoms with van der Waals surface area (Å²) in [6.07, 6.45) is -0.0498. The molecular formula is C16H19N3O3S.